The van der Waals surface area contributed by atoms with Crippen molar-refractivity contribution in [3.8, 4) is 0 Å². The van der Waals surface area contributed by atoms with Gasteiger partial charge in [-0.05, 0) is 11.6 Å². The average Bonchev–Trinajstić information content (AvgIpc) is 2.45. The number of rotatable bonds is 1. The lowest BCUT2D eigenvalue weighted by molar-refractivity contribution is -0.108. The molecule has 0 fully saturated rings. The van der Waals surface area contributed by atoms with Gasteiger partial charge >= 0.3 is 0 Å². The van der Waals surface area contributed by atoms with Gasteiger partial charge in [0.25, 0.3) is 0 Å². The molecule has 1 unspecified atom stereocenters. The van der Waals surface area contributed by atoms with Crippen molar-refractivity contribution in [1.29, 1.82) is 0 Å². The Bertz CT molecular complexity index is 258. The predicted octanol–water partition coefficient (Wildman–Crippen LogP) is -0.626. The standard InChI is InChI=1S/C9H12O4/c10-4-5-3-7(11)6-1-2-13-9(12)8(5)6/h1-3,6-12H,4H2/t6-,7+,8+,9?/m1/s1. The van der Waals surface area contributed by atoms with Gasteiger partial charge < -0.3 is 20.1 Å². The van der Waals surface area contributed by atoms with Gasteiger partial charge in [0.05, 0.1) is 24.9 Å². The van der Waals surface area contributed by atoms with Gasteiger partial charge in [0.2, 0.25) is 6.29 Å². The molecule has 4 nitrogen and oxygen atoms in total. The van der Waals surface area contributed by atoms with Crippen LogP contribution in [0.4, 0.5) is 0 Å². The number of ether oxygens (including phenoxy) is 1. The Morgan fingerprint density at radius 3 is 2.85 bits per heavy atom. The van der Waals surface area contributed by atoms with Crippen molar-refractivity contribution < 1.29 is 20.1 Å². The van der Waals surface area contributed by atoms with Crippen molar-refractivity contribution in [1.82, 2.24) is 0 Å². The molecule has 13 heavy (non-hydrogen) atoms. The Balaban J connectivity index is 2.27. The molecule has 4 atom stereocenters. The second-order valence-electron chi connectivity index (χ2n) is 3.35. The van der Waals surface area contributed by atoms with Crippen molar-refractivity contribution in [2.45, 2.75) is 12.4 Å². The van der Waals surface area contributed by atoms with E-state index in [2.05, 4.69) is 0 Å². The van der Waals surface area contributed by atoms with Crippen LogP contribution in [0, 0.1) is 11.8 Å². The van der Waals surface area contributed by atoms with E-state index in [4.69, 9.17) is 9.84 Å². The maximum Gasteiger partial charge on any atom is 0.203 e. The Labute approximate surface area is 75.8 Å². The summed E-state index contributed by atoms with van der Waals surface area (Å²) in [6, 6.07) is 0. The zero-order valence-electron chi connectivity index (χ0n) is 7.00. The third-order valence-corrected chi connectivity index (χ3v) is 2.63. The first-order valence-corrected chi connectivity index (χ1v) is 4.23. The fourth-order valence-electron chi connectivity index (χ4n) is 1.97. The summed E-state index contributed by atoms with van der Waals surface area (Å²) >= 11 is 0. The number of aliphatic hydroxyl groups excluding tert-OH is 3. The molecule has 0 saturated carbocycles. The van der Waals surface area contributed by atoms with E-state index in [-0.39, 0.29) is 18.4 Å². The van der Waals surface area contributed by atoms with Crippen molar-refractivity contribution >= 4 is 0 Å². The highest BCUT2D eigenvalue weighted by molar-refractivity contribution is 5.25. The topological polar surface area (TPSA) is 69.9 Å². The van der Waals surface area contributed by atoms with Gasteiger partial charge in [-0.2, -0.15) is 0 Å². The van der Waals surface area contributed by atoms with E-state index >= 15 is 0 Å². The highest BCUT2D eigenvalue weighted by Gasteiger charge is 2.41. The van der Waals surface area contributed by atoms with E-state index in [9.17, 15) is 10.2 Å². The predicted molar refractivity (Wildman–Crippen MR) is 44.4 cm³/mol. The van der Waals surface area contributed by atoms with Crippen LogP contribution in [0.1, 0.15) is 0 Å². The van der Waals surface area contributed by atoms with E-state index < -0.39 is 12.4 Å². The average molecular weight is 184 g/mol. The molecule has 1 heterocycles. The molecule has 0 bridgehead atoms. The van der Waals surface area contributed by atoms with Crippen LogP contribution in [0.15, 0.2) is 24.0 Å². The summed E-state index contributed by atoms with van der Waals surface area (Å²) in [7, 11) is 0. The molecule has 4 heteroatoms. The van der Waals surface area contributed by atoms with E-state index in [0.717, 1.165) is 0 Å². The summed E-state index contributed by atoms with van der Waals surface area (Å²) in [6.07, 6.45) is 3.11. The summed E-state index contributed by atoms with van der Waals surface area (Å²) in [5, 5.41) is 28.0. The van der Waals surface area contributed by atoms with Crippen molar-refractivity contribution in [2.75, 3.05) is 6.61 Å². The van der Waals surface area contributed by atoms with Gasteiger partial charge in [-0.25, -0.2) is 0 Å². The molecule has 1 aliphatic carbocycles. The molecule has 1 aliphatic heterocycles. The number of hydrogen-bond acceptors (Lipinski definition) is 4. The van der Waals surface area contributed by atoms with E-state index in [1.54, 1.807) is 12.2 Å². The molecule has 0 aromatic heterocycles. The lowest BCUT2D eigenvalue weighted by Gasteiger charge is -2.29. The quantitative estimate of drug-likeness (QED) is 0.475. The van der Waals surface area contributed by atoms with Gasteiger partial charge in [-0.3, -0.25) is 0 Å². The maximum atomic E-state index is 9.54. The van der Waals surface area contributed by atoms with Gasteiger partial charge in [0.15, 0.2) is 0 Å². The normalized spacial score (nSPS) is 42.5. The first kappa shape index (κ1) is 8.74. The Morgan fingerprint density at radius 1 is 1.38 bits per heavy atom. The smallest absolute Gasteiger partial charge is 0.203 e. The zero-order chi connectivity index (χ0) is 9.42. The van der Waals surface area contributed by atoms with Crippen LogP contribution in [-0.2, 0) is 4.74 Å². The second-order valence-corrected chi connectivity index (χ2v) is 3.35. The van der Waals surface area contributed by atoms with Gasteiger partial charge in [0.1, 0.15) is 0 Å². The SMILES string of the molecule is OCC1=C[C@H](O)[C@H]2C=COC(O)[C@@H]12. The second kappa shape index (κ2) is 3.14. The van der Waals surface area contributed by atoms with Gasteiger partial charge in [-0.15, -0.1) is 0 Å². The molecular weight excluding hydrogens is 172 g/mol. The molecule has 0 aromatic carbocycles. The molecule has 0 saturated heterocycles. The molecule has 2 rings (SSSR count). The van der Waals surface area contributed by atoms with Crippen LogP contribution in [0.3, 0.4) is 0 Å². The molecule has 0 aromatic rings. The van der Waals surface area contributed by atoms with Gasteiger partial charge in [-0.1, -0.05) is 6.08 Å². The first-order valence-electron chi connectivity index (χ1n) is 4.23. The van der Waals surface area contributed by atoms with Crippen LogP contribution in [0.2, 0.25) is 0 Å². The number of hydrogen-bond donors (Lipinski definition) is 3. The minimum Gasteiger partial charge on any atom is -0.472 e. The van der Waals surface area contributed by atoms with Crippen LogP contribution in [-0.4, -0.2) is 34.3 Å². The van der Waals surface area contributed by atoms with Crippen molar-refractivity contribution in [2.24, 2.45) is 11.8 Å². The Morgan fingerprint density at radius 2 is 2.15 bits per heavy atom. The summed E-state index contributed by atoms with van der Waals surface area (Å²) in [6.45, 7) is -0.146. The van der Waals surface area contributed by atoms with Crippen LogP contribution < -0.4 is 0 Å². The third-order valence-electron chi connectivity index (χ3n) is 2.63. The number of fused-ring (bicyclic) bond motifs is 1. The van der Waals surface area contributed by atoms with Crippen molar-refractivity contribution in [3.63, 3.8) is 0 Å². The third kappa shape index (κ3) is 1.27. The lowest BCUT2D eigenvalue weighted by atomic mass is 9.88. The summed E-state index contributed by atoms with van der Waals surface area (Å²) in [4.78, 5) is 0. The Kier molecular flexibility index (Phi) is 2.11. The summed E-state index contributed by atoms with van der Waals surface area (Å²) < 4.78 is 4.88. The molecule has 0 radical (unpaired) electrons. The van der Waals surface area contributed by atoms with E-state index in [1.807, 2.05) is 0 Å². The molecule has 3 N–H and O–H groups in total. The van der Waals surface area contributed by atoms with Crippen LogP contribution in [0.25, 0.3) is 0 Å². The zero-order valence-corrected chi connectivity index (χ0v) is 7.00. The van der Waals surface area contributed by atoms with Crippen molar-refractivity contribution in [3.05, 3.63) is 24.0 Å². The Hall–Kier alpha value is -0.840. The fourth-order valence-corrected chi connectivity index (χ4v) is 1.97. The molecule has 0 amide bonds. The maximum absolute atomic E-state index is 9.54. The fraction of sp³-hybridized carbons (Fsp3) is 0.556. The van der Waals surface area contributed by atoms with Crippen LogP contribution >= 0.6 is 0 Å². The van der Waals surface area contributed by atoms with E-state index in [0.29, 0.717) is 5.57 Å². The summed E-state index contributed by atoms with van der Waals surface area (Å²) in [5.74, 6) is -0.462. The first-order chi connectivity index (χ1) is 6.24. The van der Waals surface area contributed by atoms with Gasteiger partial charge in [0, 0.05) is 5.92 Å². The minimum atomic E-state index is -0.953. The molecule has 2 aliphatic rings. The number of aliphatic hydroxyl groups is 3. The molecule has 0 spiro atoms. The highest BCUT2D eigenvalue weighted by atomic mass is 16.6. The lowest BCUT2D eigenvalue weighted by Crippen LogP contribution is -2.34. The summed E-state index contributed by atoms with van der Waals surface area (Å²) in [5.41, 5.74) is 0.648. The molecular formula is C9H12O4. The molecule has 72 valence electrons. The minimum absolute atomic E-state index is 0.146. The highest BCUT2D eigenvalue weighted by Crippen LogP contribution is 2.38. The van der Waals surface area contributed by atoms with Crippen LogP contribution in [0.5, 0.6) is 0 Å². The van der Waals surface area contributed by atoms with E-state index in [1.165, 1.54) is 6.26 Å². The monoisotopic (exact) mass is 184 g/mol. The largest absolute Gasteiger partial charge is 0.472 e.